The van der Waals surface area contributed by atoms with Crippen LogP contribution >= 0.6 is 0 Å². The number of hydrogen-bond acceptors (Lipinski definition) is 7. The molecule has 2 saturated heterocycles. The fourth-order valence-corrected chi connectivity index (χ4v) is 5.80. The summed E-state index contributed by atoms with van der Waals surface area (Å²) < 4.78 is 41.8. The molecule has 3 aliphatic heterocycles. The first kappa shape index (κ1) is 21.7. The molecule has 3 atom stereocenters. The van der Waals surface area contributed by atoms with Gasteiger partial charge in [0.15, 0.2) is 11.2 Å². The van der Waals surface area contributed by atoms with Crippen LogP contribution in [-0.4, -0.2) is 47.8 Å². The Morgan fingerprint density at radius 1 is 1.11 bits per heavy atom. The Bertz CT molecular complexity index is 1420. The number of carbonyl (C=O) groups is 3. The molecule has 0 aliphatic carbocycles. The number of nitrogens with one attached hydrogen (secondary N) is 2. The van der Waals surface area contributed by atoms with Gasteiger partial charge >= 0.3 is 6.03 Å². The van der Waals surface area contributed by atoms with Crippen molar-refractivity contribution >= 4 is 34.5 Å². The largest absolute Gasteiger partial charge is 0.372 e. The van der Waals surface area contributed by atoms with Crippen molar-refractivity contribution in [3.8, 4) is 11.3 Å². The molecule has 0 bridgehead atoms. The molecule has 4 amide bonds. The number of hydrogen-bond donors (Lipinski definition) is 2. The highest BCUT2D eigenvalue weighted by atomic mass is 19.1. The summed E-state index contributed by atoms with van der Waals surface area (Å²) in [6, 6.07) is 5.68. The minimum Gasteiger partial charge on any atom is -0.372 e. The fraction of sp³-hybridized carbons (Fsp3) is 0.333. The quantitative estimate of drug-likeness (QED) is 0.513. The minimum atomic E-state index is -1.75. The van der Waals surface area contributed by atoms with Crippen LogP contribution in [0.1, 0.15) is 19.4 Å². The lowest BCUT2D eigenvalue weighted by atomic mass is 9.66. The van der Waals surface area contributed by atoms with E-state index >= 15 is 4.39 Å². The molecule has 2 N–H and O–H groups in total. The number of morpholine rings is 1. The Morgan fingerprint density at radius 3 is 2.54 bits per heavy atom. The number of fused-ring (bicyclic) bond motifs is 5. The minimum absolute atomic E-state index is 0.104. The molecule has 4 heterocycles. The van der Waals surface area contributed by atoms with Crippen LogP contribution in [0.25, 0.3) is 22.2 Å². The van der Waals surface area contributed by atoms with E-state index in [1.807, 2.05) is 0 Å². The summed E-state index contributed by atoms with van der Waals surface area (Å²) in [6.07, 6.45) is -1.18. The second-order valence-electron chi connectivity index (χ2n) is 9.22. The number of barbiturate groups is 1. The Balaban J connectivity index is 1.61. The molecule has 6 rings (SSSR count). The Kier molecular flexibility index (Phi) is 4.53. The van der Waals surface area contributed by atoms with E-state index in [9.17, 15) is 18.8 Å². The van der Waals surface area contributed by atoms with Gasteiger partial charge in [0, 0.05) is 18.5 Å². The molecule has 9 nitrogen and oxygen atoms in total. The molecule has 3 aliphatic rings. The number of halogens is 2. The summed E-state index contributed by atoms with van der Waals surface area (Å²) in [5, 5.41) is 8.53. The van der Waals surface area contributed by atoms with Gasteiger partial charge in [0.05, 0.1) is 29.3 Å². The number of benzene rings is 2. The highest BCUT2D eigenvalue weighted by Crippen LogP contribution is 2.49. The number of rotatable bonds is 1. The van der Waals surface area contributed by atoms with Gasteiger partial charge in [-0.05, 0) is 37.6 Å². The summed E-state index contributed by atoms with van der Waals surface area (Å²) in [4.78, 5) is 40.0. The molecular weight excluding hydrogens is 462 g/mol. The molecule has 3 aromatic rings. The van der Waals surface area contributed by atoms with Crippen molar-refractivity contribution in [3.63, 3.8) is 0 Å². The van der Waals surface area contributed by atoms with Crippen LogP contribution in [0.15, 0.2) is 34.9 Å². The second kappa shape index (κ2) is 7.32. The Hall–Kier alpha value is -3.86. The van der Waals surface area contributed by atoms with Gasteiger partial charge in [0.1, 0.15) is 11.5 Å². The van der Waals surface area contributed by atoms with Gasteiger partial charge in [-0.25, -0.2) is 13.6 Å². The van der Waals surface area contributed by atoms with E-state index in [0.29, 0.717) is 5.56 Å². The first-order chi connectivity index (χ1) is 16.7. The number of ether oxygens (including phenoxy) is 1. The first-order valence-electron chi connectivity index (χ1n) is 11.2. The first-order valence-corrected chi connectivity index (χ1v) is 11.2. The summed E-state index contributed by atoms with van der Waals surface area (Å²) >= 11 is 0. The molecule has 2 aromatic carbocycles. The SMILES string of the molecule is C[C@@H]1CN2c3c(cc4c(-c5ccccc5F)noc4c3F)CC3(C(=O)NC(=O)NC3=O)[C@H]2[C@H](C)O1. The zero-order valence-corrected chi connectivity index (χ0v) is 18.7. The van der Waals surface area contributed by atoms with Crippen molar-refractivity contribution < 1.29 is 32.4 Å². The van der Waals surface area contributed by atoms with Crippen LogP contribution in [0.4, 0.5) is 19.3 Å². The van der Waals surface area contributed by atoms with Crippen LogP contribution in [-0.2, 0) is 20.7 Å². The summed E-state index contributed by atoms with van der Waals surface area (Å²) in [5.41, 5.74) is -1.17. The molecule has 35 heavy (non-hydrogen) atoms. The van der Waals surface area contributed by atoms with Gasteiger partial charge in [-0.15, -0.1) is 0 Å². The number of anilines is 1. The summed E-state index contributed by atoms with van der Waals surface area (Å²) in [5.74, 6) is -2.84. The van der Waals surface area contributed by atoms with E-state index < -0.39 is 47.0 Å². The zero-order chi connectivity index (χ0) is 24.6. The van der Waals surface area contributed by atoms with Gasteiger partial charge in [-0.2, -0.15) is 0 Å². The molecule has 0 unspecified atom stereocenters. The lowest BCUT2D eigenvalue weighted by molar-refractivity contribution is -0.153. The normalized spacial score (nSPS) is 25.3. The van der Waals surface area contributed by atoms with Crippen LogP contribution in [0.5, 0.6) is 0 Å². The number of imide groups is 2. The number of carbonyl (C=O) groups excluding carboxylic acids is 3. The van der Waals surface area contributed by atoms with Gasteiger partial charge in [-0.1, -0.05) is 17.3 Å². The molecule has 2 fully saturated rings. The molecule has 0 radical (unpaired) electrons. The standard InChI is InChI=1S/C24H20F2N4O5/c1-10-9-30-18-12(8-24(20(30)11(2)34-10)21(31)27-23(33)28-22(24)32)7-14-17(29-35-19(14)16(18)26)13-5-3-4-6-15(13)25/h3-7,10-11,20H,8-9H2,1-2H3,(H2,27,28,31,32,33)/t10-,11+,20-/m1/s1. The van der Waals surface area contributed by atoms with E-state index in [4.69, 9.17) is 9.26 Å². The molecule has 180 valence electrons. The molecular formula is C24H20F2N4O5. The van der Waals surface area contributed by atoms with Gasteiger partial charge < -0.3 is 14.2 Å². The van der Waals surface area contributed by atoms with Crippen LogP contribution in [0.2, 0.25) is 0 Å². The van der Waals surface area contributed by atoms with Crippen molar-refractivity contribution in [3.05, 3.63) is 47.5 Å². The third kappa shape index (κ3) is 2.87. The van der Waals surface area contributed by atoms with Crippen molar-refractivity contribution in [2.24, 2.45) is 5.41 Å². The number of urea groups is 1. The smallest absolute Gasteiger partial charge is 0.328 e. The van der Waals surface area contributed by atoms with E-state index in [-0.39, 0.29) is 47.0 Å². The monoisotopic (exact) mass is 482 g/mol. The van der Waals surface area contributed by atoms with Crippen LogP contribution in [0.3, 0.4) is 0 Å². The lowest BCUT2D eigenvalue weighted by Gasteiger charge is -2.55. The van der Waals surface area contributed by atoms with E-state index in [2.05, 4.69) is 15.8 Å². The average Bonchev–Trinajstić information content (AvgIpc) is 3.21. The van der Waals surface area contributed by atoms with Crippen LogP contribution in [0, 0.1) is 17.0 Å². The average molecular weight is 482 g/mol. The van der Waals surface area contributed by atoms with Crippen molar-refractivity contribution in [2.75, 3.05) is 11.4 Å². The molecule has 1 spiro atoms. The molecule has 1 aromatic heterocycles. The van der Waals surface area contributed by atoms with E-state index in [1.54, 1.807) is 30.9 Å². The van der Waals surface area contributed by atoms with E-state index in [1.165, 1.54) is 18.2 Å². The maximum atomic E-state index is 16.1. The zero-order valence-electron chi connectivity index (χ0n) is 18.7. The lowest BCUT2D eigenvalue weighted by Crippen LogP contribution is -2.75. The third-order valence-electron chi connectivity index (χ3n) is 7.09. The van der Waals surface area contributed by atoms with Gasteiger partial charge in [-0.3, -0.25) is 20.2 Å². The predicted octanol–water partition coefficient (Wildman–Crippen LogP) is 2.66. The van der Waals surface area contributed by atoms with Crippen LogP contribution < -0.4 is 15.5 Å². The topological polar surface area (TPSA) is 114 Å². The second-order valence-corrected chi connectivity index (χ2v) is 9.22. The molecule has 11 heteroatoms. The highest BCUT2D eigenvalue weighted by molar-refractivity contribution is 6.20. The third-order valence-corrected chi connectivity index (χ3v) is 7.09. The van der Waals surface area contributed by atoms with Crippen molar-refractivity contribution in [1.82, 2.24) is 15.8 Å². The summed E-state index contributed by atoms with van der Waals surface area (Å²) in [7, 11) is 0. The van der Waals surface area contributed by atoms with Gasteiger partial charge in [0.25, 0.3) is 0 Å². The number of aromatic nitrogens is 1. The maximum Gasteiger partial charge on any atom is 0.328 e. The van der Waals surface area contributed by atoms with Crippen molar-refractivity contribution in [1.29, 1.82) is 0 Å². The number of amides is 4. The Morgan fingerprint density at radius 2 is 1.83 bits per heavy atom. The van der Waals surface area contributed by atoms with Crippen molar-refractivity contribution in [2.45, 2.75) is 38.5 Å². The maximum absolute atomic E-state index is 16.1. The predicted molar refractivity (Wildman–Crippen MR) is 118 cm³/mol. The number of nitrogens with zero attached hydrogens (tertiary/aromatic N) is 2. The molecule has 0 saturated carbocycles. The Labute approximate surface area is 197 Å². The van der Waals surface area contributed by atoms with Gasteiger partial charge in [0.2, 0.25) is 17.4 Å². The van der Waals surface area contributed by atoms with E-state index in [0.717, 1.165) is 0 Å². The summed E-state index contributed by atoms with van der Waals surface area (Å²) in [6.45, 7) is 3.70. The highest BCUT2D eigenvalue weighted by Gasteiger charge is 2.63. The fourth-order valence-electron chi connectivity index (χ4n) is 5.80.